The minimum Gasteiger partial charge on any atom is -0.844 e. The molecule has 0 N–H and O–H groups in total. The normalized spacial score (nSPS) is 15.3. The summed E-state index contributed by atoms with van der Waals surface area (Å²) in [4.78, 5) is 0. The van der Waals surface area contributed by atoms with Gasteiger partial charge in [0, 0.05) is 28.7 Å². The van der Waals surface area contributed by atoms with E-state index >= 15 is 0 Å². The molecule has 6 heteroatoms. The molecule has 0 aromatic heterocycles. The van der Waals surface area contributed by atoms with E-state index in [0.29, 0.717) is 0 Å². The van der Waals surface area contributed by atoms with E-state index < -0.39 is 6.10 Å². The molecule has 0 aliphatic heterocycles. The molecule has 0 atom stereocenters. The maximum absolute atomic E-state index is 11.5. The van der Waals surface area contributed by atoms with Crippen molar-refractivity contribution in [2.75, 3.05) is 0 Å². The molecule has 0 aromatic rings. The van der Waals surface area contributed by atoms with E-state index in [1.54, 1.807) is 24.3 Å². The van der Waals surface area contributed by atoms with Gasteiger partial charge in [-0.1, -0.05) is 6.10 Å². The van der Waals surface area contributed by atoms with Crippen LogP contribution < -0.4 is 34.7 Å². The van der Waals surface area contributed by atoms with Gasteiger partial charge in [0.2, 0.25) is 0 Å². The van der Waals surface area contributed by atoms with Crippen molar-refractivity contribution in [3.8, 4) is 24.3 Å². The molecule has 16 heavy (non-hydrogen) atoms. The molecule has 1 aliphatic rings. The van der Waals surface area contributed by atoms with Gasteiger partial charge in [0.05, 0.1) is 24.3 Å². The van der Waals surface area contributed by atoms with Crippen LogP contribution in [0.5, 0.6) is 0 Å². The molecular weight excluding hydrogens is 215 g/mol. The van der Waals surface area contributed by atoms with E-state index in [2.05, 4.69) is 0 Å². The Hall–Kier alpha value is -1.60. The van der Waals surface area contributed by atoms with Crippen molar-refractivity contribution in [1.29, 1.82) is 21.0 Å². The van der Waals surface area contributed by atoms with Gasteiger partial charge in [-0.15, -0.1) is 0 Å². The molecule has 0 amide bonds. The predicted octanol–water partition coefficient (Wildman–Crippen LogP) is -3.19. The summed E-state index contributed by atoms with van der Waals surface area (Å²) in [5.41, 5.74) is -0.554. The molecule has 0 unspecified atom stereocenters. The van der Waals surface area contributed by atoms with Gasteiger partial charge < -0.3 is 5.11 Å². The van der Waals surface area contributed by atoms with Crippen LogP contribution in [0.4, 0.5) is 0 Å². The van der Waals surface area contributed by atoms with Crippen molar-refractivity contribution in [1.82, 2.24) is 0 Å². The minimum atomic E-state index is -1.70. The van der Waals surface area contributed by atoms with Crippen LogP contribution in [-0.4, -0.2) is 6.10 Å². The zero-order valence-electron chi connectivity index (χ0n) is 8.48. The van der Waals surface area contributed by atoms with Crippen LogP contribution in [0.2, 0.25) is 0 Å². The van der Waals surface area contributed by atoms with Gasteiger partial charge in [-0.2, -0.15) is 21.0 Å². The summed E-state index contributed by atoms with van der Waals surface area (Å²) < 4.78 is 0. The summed E-state index contributed by atoms with van der Waals surface area (Å²) in [6.07, 6.45) is -1.80. The SMILES string of the molecule is N#CC1=C(C#N)C([O-])C(C#N)=C(C#N)C1.[Na+]. The van der Waals surface area contributed by atoms with Crippen LogP contribution in [0.3, 0.4) is 0 Å². The quantitative estimate of drug-likeness (QED) is 0.397. The third kappa shape index (κ3) is 2.31. The fraction of sp³-hybridized carbons (Fsp3) is 0.200. The van der Waals surface area contributed by atoms with Crippen LogP contribution in [0.25, 0.3) is 0 Å². The van der Waals surface area contributed by atoms with Crippen molar-refractivity contribution < 1.29 is 34.7 Å². The average molecular weight is 218 g/mol. The smallest absolute Gasteiger partial charge is 0.844 e. The summed E-state index contributed by atoms with van der Waals surface area (Å²) in [7, 11) is 0. The maximum atomic E-state index is 11.5. The molecule has 0 radical (unpaired) electrons. The maximum Gasteiger partial charge on any atom is 1.00 e. The molecule has 0 saturated carbocycles. The van der Waals surface area contributed by atoms with Crippen LogP contribution in [-0.2, 0) is 0 Å². The van der Waals surface area contributed by atoms with Crippen LogP contribution in [0, 0.1) is 45.3 Å². The van der Waals surface area contributed by atoms with E-state index in [1.165, 1.54) is 0 Å². The van der Waals surface area contributed by atoms with Crippen molar-refractivity contribution in [2.45, 2.75) is 12.5 Å². The Kier molecular flexibility index (Phi) is 5.48. The number of allylic oxidation sites excluding steroid dienone is 2. The second-order valence-corrected chi connectivity index (χ2v) is 2.79. The van der Waals surface area contributed by atoms with Gasteiger partial charge in [0.1, 0.15) is 0 Å². The third-order valence-electron chi connectivity index (χ3n) is 2.04. The summed E-state index contributed by atoms with van der Waals surface area (Å²) in [5, 5.41) is 46.2. The largest absolute Gasteiger partial charge is 1.00 e. The summed E-state index contributed by atoms with van der Waals surface area (Å²) in [5.74, 6) is 0. The topological polar surface area (TPSA) is 118 Å². The molecule has 70 valence electrons. The first kappa shape index (κ1) is 14.4. The Morgan fingerprint density at radius 3 is 1.50 bits per heavy atom. The second-order valence-electron chi connectivity index (χ2n) is 2.79. The van der Waals surface area contributed by atoms with Gasteiger partial charge in [-0.3, -0.25) is 0 Å². The van der Waals surface area contributed by atoms with Gasteiger partial charge in [-0.05, 0) is 0 Å². The molecule has 0 fully saturated rings. The molecular formula is C10H3N4NaO. The standard InChI is InChI=1S/C10H3N4O.Na/c11-2-6-1-7(3-12)9(5-14)10(15)8(6)4-13;/h10H,1H2;/q-1;+1. The number of nitrogens with zero attached hydrogens (tertiary/aromatic N) is 4. The molecule has 5 nitrogen and oxygen atoms in total. The van der Waals surface area contributed by atoms with E-state index in [9.17, 15) is 5.11 Å². The third-order valence-corrected chi connectivity index (χ3v) is 2.04. The number of hydrogen-bond donors (Lipinski definition) is 0. The van der Waals surface area contributed by atoms with Crippen LogP contribution >= 0.6 is 0 Å². The van der Waals surface area contributed by atoms with Gasteiger partial charge in [0.15, 0.2) is 0 Å². The molecule has 0 bridgehead atoms. The Morgan fingerprint density at radius 1 is 0.875 bits per heavy atom. The van der Waals surface area contributed by atoms with Crippen molar-refractivity contribution in [3.05, 3.63) is 22.3 Å². The van der Waals surface area contributed by atoms with Gasteiger partial charge in [-0.25, -0.2) is 0 Å². The van der Waals surface area contributed by atoms with E-state index in [0.717, 1.165) is 0 Å². The van der Waals surface area contributed by atoms with Crippen molar-refractivity contribution in [2.24, 2.45) is 0 Å². The fourth-order valence-corrected chi connectivity index (χ4v) is 1.28. The molecule has 0 spiro atoms. The van der Waals surface area contributed by atoms with E-state index in [4.69, 9.17) is 21.0 Å². The van der Waals surface area contributed by atoms with Crippen LogP contribution in [0.1, 0.15) is 6.42 Å². The van der Waals surface area contributed by atoms with E-state index in [1.807, 2.05) is 0 Å². The number of hydrogen-bond acceptors (Lipinski definition) is 5. The molecule has 1 rings (SSSR count). The van der Waals surface area contributed by atoms with E-state index in [-0.39, 0.29) is 58.3 Å². The summed E-state index contributed by atoms with van der Waals surface area (Å²) >= 11 is 0. The molecule has 0 aromatic carbocycles. The van der Waals surface area contributed by atoms with Crippen LogP contribution in [0.15, 0.2) is 22.3 Å². The first-order chi connectivity index (χ1) is 7.19. The Balaban J connectivity index is 0.00000225. The summed E-state index contributed by atoms with van der Waals surface area (Å²) in [6, 6.07) is 6.64. The average Bonchev–Trinajstić information content (AvgIpc) is 2.27. The summed E-state index contributed by atoms with van der Waals surface area (Å²) in [6.45, 7) is 0. The molecule has 0 saturated heterocycles. The monoisotopic (exact) mass is 218 g/mol. The van der Waals surface area contributed by atoms with Crippen molar-refractivity contribution >= 4 is 0 Å². The molecule has 1 aliphatic carbocycles. The Morgan fingerprint density at radius 2 is 1.25 bits per heavy atom. The minimum absolute atomic E-state index is 0. The molecule has 0 heterocycles. The Labute approximate surface area is 114 Å². The zero-order chi connectivity index (χ0) is 11.4. The first-order valence-electron chi connectivity index (χ1n) is 3.91. The van der Waals surface area contributed by atoms with Crippen molar-refractivity contribution in [3.63, 3.8) is 0 Å². The second kappa shape index (κ2) is 6.09. The van der Waals surface area contributed by atoms with Gasteiger partial charge in [0.25, 0.3) is 0 Å². The Bertz CT molecular complexity index is 485. The number of nitriles is 4. The van der Waals surface area contributed by atoms with Gasteiger partial charge >= 0.3 is 29.6 Å². The fourth-order valence-electron chi connectivity index (χ4n) is 1.28. The number of rotatable bonds is 0. The zero-order valence-corrected chi connectivity index (χ0v) is 10.5. The first-order valence-corrected chi connectivity index (χ1v) is 3.91. The predicted molar refractivity (Wildman–Crippen MR) is 44.9 cm³/mol.